The first-order valence-corrected chi connectivity index (χ1v) is 7.21. The summed E-state index contributed by atoms with van der Waals surface area (Å²) in [7, 11) is 0. The monoisotopic (exact) mass is 379 g/mol. The molecule has 5 heteroatoms. The zero-order valence-electron chi connectivity index (χ0n) is 11.0. The van der Waals surface area contributed by atoms with Crippen LogP contribution in [0, 0.1) is 3.57 Å². The molecular formula is C15H14IN3O. The fourth-order valence-electron chi connectivity index (χ4n) is 1.60. The predicted octanol–water partition coefficient (Wildman–Crippen LogP) is 4.53. The quantitative estimate of drug-likeness (QED) is 0.616. The van der Waals surface area contributed by atoms with E-state index in [1.165, 1.54) is 10.5 Å². The summed E-state index contributed by atoms with van der Waals surface area (Å²) in [4.78, 5) is 10.9. The zero-order valence-corrected chi connectivity index (χ0v) is 13.2. The van der Waals surface area contributed by atoms with Crippen LogP contribution in [0.1, 0.15) is 12.5 Å². The number of rotatable bonds is 4. The molecule has 0 fully saturated rings. The van der Waals surface area contributed by atoms with Gasteiger partial charge >= 0.3 is 0 Å². The van der Waals surface area contributed by atoms with Crippen LogP contribution in [0.2, 0.25) is 0 Å². The van der Waals surface area contributed by atoms with Crippen LogP contribution in [0.15, 0.2) is 58.8 Å². The normalized spacial score (nSPS) is 10.7. The van der Waals surface area contributed by atoms with Crippen LogP contribution in [0.5, 0.6) is 0 Å². The van der Waals surface area contributed by atoms with Crippen molar-refractivity contribution in [1.29, 1.82) is 0 Å². The molecule has 0 heterocycles. The van der Waals surface area contributed by atoms with E-state index in [1.807, 2.05) is 48.5 Å². The number of halogens is 1. The first-order chi connectivity index (χ1) is 9.63. The number of anilines is 1. The Morgan fingerprint density at radius 3 is 2.35 bits per heavy atom. The average Bonchev–Trinajstić information content (AvgIpc) is 2.42. The minimum Gasteiger partial charge on any atom is -0.326 e. The van der Waals surface area contributed by atoms with Crippen molar-refractivity contribution in [2.24, 2.45) is 10.2 Å². The molecule has 0 saturated heterocycles. The van der Waals surface area contributed by atoms with Gasteiger partial charge in [0, 0.05) is 16.2 Å². The number of nitrogens with one attached hydrogen (secondary N) is 1. The lowest BCUT2D eigenvalue weighted by Gasteiger charge is -2.02. The van der Waals surface area contributed by atoms with Crippen molar-refractivity contribution in [3.8, 4) is 0 Å². The van der Waals surface area contributed by atoms with E-state index < -0.39 is 0 Å². The average molecular weight is 379 g/mol. The molecule has 0 unspecified atom stereocenters. The first-order valence-electron chi connectivity index (χ1n) is 6.13. The van der Waals surface area contributed by atoms with E-state index in [-0.39, 0.29) is 5.91 Å². The molecule has 0 saturated carbocycles. The summed E-state index contributed by atoms with van der Waals surface area (Å²) in [6.45, 7) is 2.01. The summed E-state index contributed by atoms with van der Waals surface area (Å²) in [6, 6.07) is 15.4. The Morgan fingerprint density at radius 2 is 1.75 bits per heavy atom. The van der Waals surface area contributed by atoms with Crippen LogP contribution in [0.25, 0.3) is 0 Å². The number of amides is 1. The smallest absolute Gasteiger partial charge is 0.221 e. The third-order valence-corrected chi connectivity index (χ3v) is 3.26. The van der Waals surface area contributed by atoms with Gasteiger partial charge in [0.15, 0.2) is 0 Å². The van der Waals surface area contributed by atoms with Gasteiger partial charge < -0.3 is 5.32 Å². The zero-order chi connectivity index (χ0) is 14.4. The molecule has 0 aliphatic heterocycles. The van der Waals surface area contributed by atoms with Gasteiger partial charge in [-0.1, -0.05) is 12.1 Å². The molecule has 0 spiro atoms. The molecule has 102 valence electrons. The standard InChI is InChI=1S/C15H14IN3O/c1-11(20)18-14-6-2-12(3-7-14)10-17-19-15-8-4-13(16)5-9-15/h2-9H,10H2,1H3,(H,18,20). The van der Waals surface area contributed by atoms with Crippen molar-refractivity contribution in [2.75, 3.05) is 5.32 Å². The van der Waals surface area contributed by atoms with Gasteiger partial charge in [-0.3, -0.25) is 4.79 Å². The SMILES string of the molecule is CC(=O)Nc1ccc(CN=Nc2ccc(I)cc2)cc1. The summed E-state index contributed by atoms with van der Waals surface area (Å²) in [6.07, 6.45) is 0. The molecule has 4 nitrogen and oxygen atoms in total. The molecule has 0 bridgehead atoms. The molecule has 2 rings (SSSR count). The first kappa shape index (κ1) is 14.6. The van der Waals surface area contributed by atoms with E-state index in [2.05, 4.69) is 38.1 Å². The Balaban J connectivity index is 1.93. The Morgan fingerprint density at radius 1 is 1.10 bits per heavy atom. The molecule has 1 N–H and O–H groups in total. The van der Waals surface area contributed by atoms with E-state index in [1.54, 1.807) is 0 Å². The number of nitrogens with zero attached hydrogens (tertiary/aromatic N) is 2. The van der Waals surface area contributed by atoms with Gasteiger partial charge in [-0.05, 0) is 64.6 Å². The van der Waals surface area contributed by atoms with Crippen molar-refractivity contribution >= 4 is 39.9 Å². The maximum absolute atomic E-state index is 10.9. The van der Waals surface area contributed by atoms with Gasteiger partial charge in [-0.15, -0.1) is 0 Å². The van der Waals surface area contributed by atoms with E-state index in [9.17, 15) is 4.79 Å². The number of azo groups is 1. The Kier molecular flexibility index (Phi) is 5.23. The summed E-state index contributed by atoms with van der Waals surface area (Å²) < 4.78 is 1.18. The molecule has 2 aromatic carbocycles. The number of hydrogen-bond donors (Lipinski definition) is 1. The number of hydrogen-bond acceptors (Lipinski definition) is 3. The van der Waals surface area contributed by atoms with E-state index in [0.717, 1.165) is 16.9 Å². The minimum atomic E-state index is -0.0730. The minimum absolute atomic E-state index is 0.0730. The van der Waals surface area contributed by atoms with Crippen molar-refractivity contribution in [1.82, 2.24) is 0 Å². The van der Waals surface area contributed by atoms with Crippen LogP contribution in [0.3, 0.4) is 0 Å². The molecule has 0 atom stereocenters. The highest BCUT2D eigenvalue weighted by atomic mass is 127. The highest BCUT2D eigenvalue weighted by Crippen LogP contribution is 2.16. The van der Waals surface area contributed by atoms with E-state index >= 15 is 0 Å². The molecule has 20 heavy (non-hydrogen) atoms. The van der Waals surface area contributed by atoms with Gasteiger partial charge in [0.25, 0.3) is 0 Å². The summed E-state index contributed by atoms with van der Waals surface area (Å²) in [5, 5.41) is 11.1. The number of benzene rings is 2. The maximum Gasteiger partial charge on any atom is 0.221 e. The molecule has 0 aliphatic rings. The number of carbonyl (C=O) groups is 1. The van der Waals surface area contributed by atoms with Crippen molar-refractivity contribution < 1.29 is 4.79 Å². The Hall–Kier alpha value is -1.76. The summed E-state index contributed by atoms with van der Waals surface area (Å²) in [5.74, 6) is -0.0730. The van der Waals surface area contributed by atoms with Crippen molar-refractivity contribution in [3.63, 3.8) is 0 Å². The summed E-state index contributed by atoms with van der Waals surface area (Å²) >= 11 is 2.25. The van der Waals surface area contributed by atoms with E-state index in [4.69, 9.17) is 0 Å². The van der Waals surface area contributed by atoms with Crippen LogP contribution >= 0.6 is 22.6 Å². The second-order valence-electron chi connectivity index (χ2n) is 4.25. The number of carbonyl (C=O) groups excluding carboxylic acids is 1. The van der Waals surface area contributed by atoms with Crippen LogP contribution < -0.4 is 5.32 Å². The van der Waals surface area contributed by atoms with Crippen LogP contribution in [-0.4, -0.2) is 5.91 Å². The molecule has 1 amide bonds. The molecule has 0 aromatic heterocycles. The van der Waals surface area contributed by atoms with Gasteiger partial charge in [0.2, 0.25) is 5.91 Å². The molecular weight excluding hydrogens is 365 g/mol. The molecule has 2 aromatic rings. The topological polar surface area (TPSA) is 53.8 Å². The van der Waals surface area contributed by atoms with Gasteiger partial charge in [0.1, 0.15) is 0 Å². The summed E-state index contributed by atoms with van der Waals surface area (Å²) in [5.41, 5.74) is 2.68. The van der Waals surface area contributed by atoms with Gasteiger partial charge in [0.05, 0.1) is 12.2 Å². The highest BCUT2D eigenvalue weighted by molar-refractivity contribution is 14.1. The lowest BCUT2D eigenvalue weighted by Crippen LogP contribution is -2.05. The van der Waals surface area contributed by atoms with Gasteiger partial charge in [-0.2, -0.15) is 10.2 Å². The lowest BCUT2D eigenvalue weighted by molar-refractivity contribution is -0.114. The fraction of sp³-hybridized carbons (Fsp3) is 0.133. The van der Waals surface area contributed by atoms with Crippen LogP contribution in [0.4, 0.5) is 11.4 Å². The van der Waals surface area contributed by atoms with Crippen molar-refractivity contribution in [2.45, 2.75) is 13.5 Å². The maximum atomic E-state index is 10.9. The second kappa shape index (κ2) is 7.14. The third-order valence-electron chi connectivity index (χ3n) is 2.54. The predicted molar refractivity (Wildman–Crippen MR) is 88.1 cm³/mol. The molecule has 0 radical (unpaired) electrons. The fourth-order valence-corrected chi connectivity index (χ4v) is 1.96. The van der Waals surface area contributed by atoms with Crippen molar-refractivity contribution in [3.05, 3.63) is 57.7 Å². The largest absolute Gasteiger partial charge is 0.326 e. The Labute approximate surface area is 131 Å². The second-order valence-corrected chi connectivity index (χ2v) is 5.50. The van der Waals surface area contributed by atoms with E-state index in [0.29, 0.717) is 6.54 Å². The Bertz CT molecular complexity index is 606. The van der Waals surface area contributed by atoms with Gasteiger partial charge in [-0.25, -0.2) is 0 Å². The highest BCUT2D eigenvalue weighted by Gasteiger charge is 1.96. The lowest BCUT2D eigenvalue weighted by atomic mass is 10.2. The van der Waals surface area contributed by atoms with Crippen LogP contribution in [-0.2, 0) is 11.3 Å². The molecule has 0 aliphatic carbocycles. The third kappa shape index (κ3) is 4.73.